The molecule has 0 aliphatic heterocycles. The van der Waals surface area contributed by atoms with E-state index in [1.807, 2.05) is 48.5 Å². The first-order valence-electron chi connectivity index (χ1n) is 7.55. The summed E-state index contributed by atoms with van der Waals surface area (Å²) in [5.74, 6) is 0.485. The van der Waals surface area contributed by atoms with Gasteiger partial charge in [0, 0.05) is 22.8 Å². The van der Waals surface area contributed by atoms with E-state index >= 15 is 0 Å². The van der Waals surface area contributed by atoms with Gasteiger partial charge in [-0.2, -0.15) is 0 Å². The second kappa shape index (κ2) is 8.13. The number of methoxy groups -OCH3 is 1. The van der Waals surface area contributed by atoms with Crippen LogP contribution in [0.25, 0.3) is 11.0 Å². The normalized spacial score (nSPS) is 11.1. The van der Waals surface area contributed by atoms with Gasteiger partial charge in [-0.1, -0.05) is 36.0 Å². The van der Waals surface area contributed by atoms with Gasteiger partial charge >= 0.3 is 0 Å². The maximum atomic E-state index is 12.4. The van der Waals surface area contributed by atoms with Crippen LogP contribution in [0.4, 0.5) is 0 Å². The molecule has 3 rings (SSSR count). The zero-order valence-electron chi connectivity index (χ0n) is 13.2. The van der Waals surface area contributed by atoms with Crippen LogP contribution in [0.15, 0.2) is 53.7 Å². The standard InChI is InChI=1S/C18H17IN2O2S/c1-23-11-10-21-16-5-3-2-4-15(16)20-18(21)24-12-17(22)13-6-8-14(19)9-7-13/h2-9H,10-12H2,1H3. The number of Topliss-reactive ketones (excluding diaryl/α,β-unsaturated/α-hetero) is 1. The fraction of sp³-hybridized carbons (Fsp3) is 0.222. The second-order valence-corrected chi connectivity index (χ2v) is 7.43. The molecule has 24 heavy (non-hydrogen) atoms. The van der Waals surface area contributed by atoms with Crippen molar-refractivity contribution in [2.75, 3.05) is 19.5 Å². The van der Waals surface area contributed by atoms with Crippen molar-refractivity contribution in [2.24, 2.45) is 0 Å². The third-order valence-electron chi connectivity index (χ3n) is 3.64. The monoisotopic (exact) mass is 452 g/mol. The topological polar surface area (TPSA) is 44.1 Å². The lowest BCUT2D eigenvalue weighted by molar-refractivity contribution is 0.102. The average Bonchev–Trinajstić information content (AvgIpc) is 2.96. The molecule has 0 spiro atoms. The van der Waals surface area contributed by atoms with Crippen LogP contribution in [-0.4, -0.2) is 34.8 Å². The van der Waals surface area contributed by atoms with Crippen LogP contribution in [0.1, 0.15) is 10.4 Å². The van der Waals surface area contributed by atoms with Crippen molar-refractivity contribution >= 4 is 51.2 Å². The molecule has 0 saturated carbocycles. The van der Waals surface area contributed by atoms with Gasteiger partial charge in [0.25, 0.3) is 0 Å². The van der Waals surface area contributed by atoms with Crippen molar-refractivity contribution in [1.82, 2.24) is 9.55 Å². The van der Waals surface area contributed by atoms with E-state index in [-0.39, 0.29) is 5.78 Å². The van der Waals surface area contributed by atoms with E-state index in [1.165, 1.54) is 11.8 Å². The van der Waals surface area contributed by atoms with E-state index in [1.54, 1.807) is 7.11 Å². The Bertz CT molecular complexity index is 846. The molecular formula is C18H17IN2O2S. The van der Waals surface area contributed by atoms with Crippen LogP contribution in [0, 0.1) is 3.57 Å². The van der Waals surface area contributed by atoms with Gasteiger partial charge in [0.1, 0.15) is 0 Å². The predicted molar refractivity (Wildman–Crippen MR) is 106 cm³/mol. The van der Waals surface area contributed by atoms with Gasteiger partial charge in [-0.3, -0.25) is 4.79 Å². The number of rotatable bonds is 7. The zero-order chi connectivity index (χ0) is 16.9. The lowest BCUT2D eigenvalue weighted by Gasteiger charge is -2.08. The number of hydrogen-bond acceptors (Lipinski definition) is 4. The molecule has 1 aromatic heterocycles. The van der Waals surface area contributed by atoms with Crippen molar-refractivity contribution in [3.8, 4) is 0 Å². The summed E-state index contributed by atoms with van der Waals surface area (Å²) in [4.78, 5) is 17.0. The number of ether oxygens (including phenoxy) is 1. The number of thioether (sulfide) groups is 1. The quantitative estimate of drug-likeness (QED) is 0.305. The molecule has 0 fully saturated rings. The molecule has 0 unspecified atom stereocenters. The van der Waals surface area contributed by atoms with Crippen molar-refractivity contribution in [3.05, 3.63) is 57.7 Å². The number of carbonyl (C=O) groups excluding carboxylic acids is 1. The summed E-state index contributed by atoms with van der Waals surface area (Å²) in [6, 6.07) is 15.7. The number of imidazole rings is 1. The van der Waals surface area contributed by atoms with Gasteiger partial charge in [0.05, 0.1) is 23.4 Å². The van der Waals surface area contributed by atoms with Gasteiger partial charge in [-0.05, 0) is 46.9 Å². The molecule has 0 aliphatic carbocycles. The number of carbonyl (C=O) groups is 1. The number of ketones is 1. The van der Waals surface area contributed by atoms with Crippen LogP contribution in [-0.2, 0) is 11.3 Å². The van der Waals surface area contributed by atoms with Gasteiger partial charge in [0.15, 0.2) is 10.9 Å². The molecule has 1 heterocycles. The molecule has 0 atom stereocenters. The minimum Gasteiger partial charge on any atom is -0.383 e. The van der Waals surface area contributed by atoms with Crippen molar-refractivity contribution in [2.45, 2.75) is 11.7 Å². The highest BCUT2D eigenvalue weighted by atomic mass is 127. The SMILES string of the molecule is COCCn1c(SCC(=O)c2ccc(I)cc2)nc2ccccc21. The molecule has 2 aromatic carbocycles. The van der Waals surface area contributed by atoms with E-state index in [9.17, 15) is 4.79 Å². The molecule has 0 bridgehead atoms. The molecule has 4 nitrogen and oxygen atoms in total. The van der Waals surface area contributed by atoms with Gasteiger partial charge in [0.2, 0.25) is 0 Å². The van der Waals surface area contributed by atoms with Crippen molar-refractivity contribution in [1.29, 1.82) is 0 Å². The summed E-state index contributed by atoms with van der Waals surface area (Å²) >= 11 is 3.71. The number of hydrogen-bond donors (Lipinski definition) is 0. The van der Waals surface area contributed by atoms with Crippen LogP contribution < -0.4 is 0 Å². The van der Waals surface area contributed by atoms with Crippen LogP contribution >= 0.6 is 34.4 Å². The summed E-state index contributed by atoms with van der Waals surface area (Å²) in [6.45, 7) is 1.33. The largest absolute Gasteiger partial charge is 0.383 e. The Morgan fingerprint density at radius 3 is 2.71 bits per heavy atom. The molecule has 3 aromatic rings. The molecule has 0 N–H and O–H groups in total. The fourth-order valence-electron chi connectivity index (χ4n) is 2.41. The molecule has 6 heteroatoms. The summed E-state index contributed by atoms with van der Waals surface area (Å²) in [5.41, 5.74) is 2.75. The number of fused-ring (bicyclic) bond motifs is 1. The Morgan fingerprint density at radius 2 is 1.96 bits per heavy atom. The third kappa shape index (κ3) is 3.99. The summed E-state index contributed by atoms with van der Waals surface area (Å²) in [7, 11) is 1.69. The minimum absolute atomic E-state index is 0.113. The molecule has 0 radical (unpaired) electrons. The molecular weight excluding hydrogens is 435 g/mol. The third-order valence-corrected chi connectivity index (χ3v) is 5.33. The lowest BCUT2D eigenvalue weighted by Crippen LogP contribution is -2.07. The average molecular weight is 452 g/mol. The Labute approximate surface area is 158 Å². The van der Waals surface area contributed by atoms with E-state index < -0.39 is 0 Å². The van der Waals surface area contributed by atoms with E-state index in [0.717, 1.165) is 31.9 Å². The number of para-hydroxylation sites is 2. The zero-order valence-corrected chi connectivity index (χ0v) is 16.2. The Kier molecular flexibility index (Phi) is 5.91. The molecule has 0 amide bonds. The van der Waals surface area contributed by atoms with Crippen LogP contribution in [0.3, 0.4) is 0 Å². The Balaban J connectivity index is 1.78. The first kappa shape index (κ1) is 17.4. The Morgan fingerprint density at radius 1 is 1.21 bits per heavy atom. The summed E-state index contributed by atoms with van der Waals surface area (Å²) in [5, 5.41) is 0.854. The fourth-order valence-corrected chi connectivity index (χ4v) is 3.71. The maximum absolute atomic E-state index is 12.4. The van der Waals surface area contributed by atoms with E-state index in [2.05, 4.69) is 32.1 Å². The predicted octanol–water partition coefficient (Wildman–Crippen LogP) is 4.26. The van der Waals surface area contributed by atoms with E-state index in [0.29, 0.717) is 12.4 Å². The number of aromatic nitrogens is 2. The first-order chi connectivity index (χ1) is 11.7. The number of halogens is 1. The van der Waals surface area contributed by atoms with Crippen molar-refractivity contribution < 1.29 is 9.53 Å². The van der Waals surface area contributed by atoms with Crippen LogP contribution in [0.2, 0.25) is 0 Å². The van der Waals surface area contributed by atoms with Gasteiger partial charge < -0.3 is 9.30 Å². The highest BCUT2D eigenvalue weighted by Gasteiger charge is 2.13. The molecule has 0 aliphatic rings. The smallest absolute Gasteiger partial charge is 0.173 e. The van der Waals surface area contributed by atoms with E-state index in [4.69, 9.17) is 4.74 Å². The highest BCUT2D eigenvalue weighted by Crippen LogP contribution is 2.25. The number of nitrogens with zero attached hydrogens (tertiary/aromatic N) is 2. The summed E-state index contributed by atoms with van der Waals surface area (Å²) in [6.07, 6.45) is 0. The van der Waals surface area contributed by atoms with Crippen molar-refractivity contribution in [3.63, 3.8) is 0 Å². The number of benzene rings is 2. The van der Waals surface area contributed by atoms with Crippen LogP contribution in [0.5, 0.6) is 0 Å². The first-order valence-corrected chi connectivity index (χ1v) is 9.61. The summed E-state index contributed by atoms with van der Waals surface area (Å²) < 4.78 is 8.44. The Hall–Kier alpha value is -1.38. The second-order valence-electron chi connectivity index (χ2n) is 5.25. The van der Waals surface area contributed by atoms with Gasteiger partial charge in [-0.15, -0.1) is 0 Å². The maximum Gasteiger partial charge on any atom is 0.173 e. The highest BCUT2D eigenvalue weighted by molar-refractivity contribution is 14.1. The van der Waals surface area contributed by atoms with Gasteiger partial charge in [-0.25, -0.2) is 4.98 Å². The molecule has 124 valence electrons. The molecule has 0 saturated heterocycles. The minimum atomic E-state index is 0.113. The lowest BCUT2D eigenvalue weighted by atomic mass is 10.2.